The van der Waals surface area contributed by atoms with Crippen LogP contribution < -0.4 is 5.73 Å². The van der Waals surface area contributed by atoms with Crippen molar-refractivity contribution < 1.29 is 0 Å². The first-order valence-corrected chi connectivity index (χ1v) is 16.5. The first-order chi connectivity index (χ1) is 24.2. The lowest BCUT2D eigenvalue weighted by Crippen LogP contribution is -1.97. The average molecular weight is 631 g/mol. The first-order valence-electron chi connectivity index (χ1n) is 16.5. The monoisotopic (exact) mass is 630 g/mol. The quantitative estimate of drug-likeness (QED) is 0.170. The SMILES string of the molecule is N/C=C\C=C/Cc1cc(-c2cccc(-c3ccc(-c4ccccc4)cc3)c2)cc(-c2cccc(-n3c4ccccc4c4cnccc43)c2)n1. The molecule has 49 heavy (non-hydrogen) atoms. The minimum absolute atomic E-state index is 0.686. The second-order valence-corrected chi connectivity index (χ2v) is 12.1. The van der Waals surface area contributed by atoms with Gasteiger partial charge in [-0.25, -0.2) is 0 Å². The zero-order valence-electron chi connectivity index (χ0n) is 26.9. The molecule has 8 aromatic rings. The maximum atomic E-state index is 5.58. The predicted octanol–water partition coefficient (Wildman–Crippen LogP) is 10.8. The third-order valence-electron chi connectivity index (χ3n) is 8.96. The highest BCUT2D eigenvalue weighted by Gasteiger charge is 2.14. The van der Waals surface area contributed by atoms with E-state index in [1.54, 1.807) is 6.20 Å². The van der Waals surface area contributed by atoms with Crippen LogP contribution in [0.25, 0.3) is 72.1 Å². The van der Waals surface area contributed by atoms with Gasteiger partial charge in [0.25, 0.3) is 0 Å². The molecule has 0 aliphatic carbocycles. The Kier molecular flexibility index (Phi) is 8.11. The fraction of sp³-hybridized carbons (Fsp3) is 0.0222. The highest BCUT2D eigenvalue weighted by Crippen LogP contribution is 2.34. The van der Waals surface area contributed by atoms with Crippen molar-refractivity contribution in [1.29, 1.82) is 0 Å². The molecule has 0 spiro atoms. The Morgan fingerprint density at radius 3 is 2.04 bits per heavy atom. The molecule has 0 saturated carbocycles. The number of pyridine rings is 2. The molecule has 3 aromatic heterocycles. The van der Waals surface area contributed by atoms with Gasteiger partial charge in [-0.2, -0.15) is 0 Å². The van der Waals surface area contributed by atoms with E-state index in [1.165, 1.54) is 27.6 Å². The second kappa shape index (κ2) is 13.3. The van der Waals surface area contributed by atoms with E-state index in [0.29, 0.717) is 6.42 Å². The van der Waals surface area contributed by atoms with Crippen LogP contribution >= 0.6 is 0 Å². The summed E-state index contributed by atoms with van der Waals surface area (Å²) in [7, 11) is 0. The topological polar surface area (TPSA) is 56.7 Å². The lowest BCUT2D eigenvalue weighted by molar-refractivity contribution is 1.11. The first kappa shape index (κ1) is 29.9. The second-order valence-electron chi connectivity index (χ2n) is 12.1. The lowest BCUT2D eigenvalue weighted by atomic mass is 9.96. The van der Waals surface area contributed by atoms with Crippen LogP contribution in [0.3, 0.4) is 0 Å². The molecule has 2 N–H and O–H groups in total. The van der Waals surface area contributed by atoms with Gasteiger partial charge in [0.05, 0.1) is 16.7 Å². The number of hydrogen-bond donors (Lipinski definition) is 1. The largest absolute Gasteiger partial charge is 0.405 e. The van der Waals surface area contributed by atoms with E-state index in [-0.39, 0.29) is 0 Å². The van der Waals surface area contributed by atoms with Gasteiger partial charge >= 0.3 is 0 Å². The molecular formula is C45H34N4. The Labute approximate surface area is 286 Å². The van der Waals surface area contributed by atoms with E-state index < -0.39 is 0 Å². The fourth-order valence-corrected chi connectivity index (χ4v) is 6.60. The number of allylic oxidation sites excluding steroid dienone is 3. The molecule has 4 nitrogen and oxygen atoms in total. The minimum Gasteiger partial charge on any atom is -0.405 e. The number of benzene rings is 5. The molecule has 5 aromatic carbocycles. The number of para-hydroxylation sites is 1. The Hall–Kier alpha value is -6.52. The van der Waals surface area contributed by atoms with Crippen LogP contribution in [0.4, 0.5) is 0 Å². The van der Waals surface area contributed by atoms with Crippen molar-refractivity contribution in [2.24, 2.45) is 5.73 Å². The molecule has 0 aliphatic rings. The summed E-state index contributed by atoms with van der Waals surface area (Å²) in [5.74, 6) is 0. The van der Waals surface area contributed by atoms with Crippen molar-refractivity contribution in [2.75, 3.05) is 0 Å². The number of nitrogens with zero attached hydrogens (tertiary/aromatic N) is 3. The number of aromatic nitrogens is 3. The fourth-order valence-electron chi connectivity index (χ4n) is 6.60. The van der Waals surface area contributed by atoms with Crippen LogP contribution in [0.2, 0.25) is 0 Å². The molecule has 3 heterocycles. The van der Waals surface area contributed by atoms with Crippen molar-refractivity contribution in [3.63, 3.8) is 0 Å². The van der Waals surface area contributed by atoms with Crippen LogP contribution in [0.15, 0.2) is 182 Å². The zero-order chi connectivity index (χ0) is 33.0. The third-order valence-corrected chi connectivity index (χ3v) is 8.96. The predicted molar refractivity (Wildman–Crippen MR) is 204 cm³/mol. The maximum absolute atomic E-state index is 5.58. The van der Waals surface area contributed by atoms with Gasteiger partial charge in [0.2, 0.25) is 0 Å². The van der Waals surface area contributed by atoms with Crippen molar-refractivity contribution in [2.45, 2.75) is 6.42 Å². The van der Waals surface area contributed by atoms with E-state index >= 15 is 0 Å². The number of fused-ring (bicyclic) bond motifs is 3. The van der Waals surface area contributed by atoms with E-state index in [9.17, 15) is 0 Å². The van der Waals surface area contributed by atoms with Gasteiger partial charge in [0.15, 0.2) is 0 Å². The average Bonchev–Trinajstić information content (AvgIpc) is 3.51. The number of rotatable bonds is 8. The summed E-state index contributed by atoms with van der Waals surface area (Å²) >= 11 is 0. The van der Waals surface area contributed by atoms with Crippen molar-refractivity contribution >= 4 is 21.8 Å². The van der Waals surface area contributed by atoms with Gasteiger partial charge in [-0.15, -0.1) is 0 Å². The Morgan fingerprint density at radius 2 is 1.20 bits per heavy atom. The van der Waals surface area contributed by atoms with Crippen molar-refractivity contribution in [1.82, 2.24) is 14.5 Å². The summed E-state index contributed by atoms with van der Waals surface area (Å²) in [6, 6.07) is 51.7. The summed E-state index contributed by atoms with van der Waals surface area (Å²) in [6.45, 7) is 0. The molecule has 0 fully saturated rings. The molecule has 0 atom stereocenters. The van der Waals surface area contributed by atoms with Gasteiger partial charge in [-0.05, 0) is 88.1 Å². The van der Waals surface area contributed by atoms with Crippen LogP contribution in [0.1, 0.15) is 5.69 Å². The molecule has 234 valence electrons. The number of nitrogens with two attached hydrogens (primary N) is 1. The van der Waals surface area contributed by atoms with Crippen LogP contribution in [-0.4, -0.2) is 14.5 Å². The van der Waals surface area contributed by atoms with E-state index in [1.807, 2.05) is 30.6 Å². The summed E-state index contributed by atoms with van der Waals surface area (Å²) < 4.78 is 2.31. The number of hydrogen-bond acceptors (Lipinski definition) is 3. The molecule has 0 unspecified atom stereocenters. The normalized spacial score (nSPS) is 11.7. The maximum Gasteiger partial charge on any atom is 0.0712 e. The Balaban J connectivity index is 1.20. The van der Waals surface area contributed by atoms with E-state index in [4.69, 9.17) is 10.7 Å². The molecule has 8 rings (SSSR count). The smallest absolute Gasteiger partial charge is 0.0712 e. The molecule has 0 saturated heterocycles. The van der Waals surface area contributed by atoms with Crippen LogP contribution in [0.5, 0.6) is 0 Å². The zero-order valence-corrected chi connectivity index (χ0v) is 26.9. The summed E-state index contributed by atoms with van der Waals surface area (Å²) in [6.07, 6.45) is 11.9. The molecule has 0 radical (unpaired) electrons. The molecule has 0 amide bonds. The van der Waals surface area contributed by atoms with Crippen LogP contribution in [0, 0.1) is 0 Å². The summed E-state index contributed by atoms with van der Waals surface area (Å²) in [4.78, 5) is 9.59. The molecule has 0 aliphatic heterocycles. The van der Waals surface area contributed by atoms with Gasteiger partial charge in [-0.1, -0.05) is 115 Å². The Morgan fingerprint density at radius 1 is 0.531 bits per heavy atom. The minimum atomic E-state index is 0.686. The highest BCUT2D eigenvalue weighted by atomic mass is 15.0. The van der Waals surface area contributed by atoms with Gasteiger partial charge < -0.3 is 10.3 Å². The summed E-state index contributed by atoms with van der Waals surface area (Å²) in [5.41, 5.74) is 19.0. The highest BCUT2D eigenvalue weighted by molar-refractivity contribution is 6.08. The van der Waals surface area contributed by atoms with Crippen molar-refractivity contribution in [3.8, 4) is 50.3 Å². The Bertz CT molecular complexity index is 2420. The van der Waals surface area contributed by atoms with E-state index in [2.05, 4.69) is 155 Å². The van der Waals surface area contributed by atoms with Gasteiger partial charge in [-0.3, -0.25) is 9.97 Å². The molecule has 4 heteroatoms. The van der Waals surface area contributed by atoms with Crippen molar-refractivity contribution in [3.05, 3.63) is 188 Å². The standard InChI is InChI=1S/C45H34N4/c46-25-8-2-5-16-39-28-38(36-14-9-13-35(27-36)34-22-20-33(21-23-34)32-11-3-1-4-12-32)30-43(48-39)37-15-10-17-40(29-37)49-44-19-7-6-18-41(44)42-31-47-26-24-45(42)49/h1-15,17-31H,16,46H2/b5-2-,25-8-. The summed E-state index contributed by atoms with van der Waals surface area (Å²) in [5, 5.41) is 2.32. The molecular weight excluding hydrogens is 597 g/mol. The molecule has 0 bridgehead atoms. The van der Waals surface area contributed by atoms with E-state index in [0.717, 1.165) is 50.2 Å². The lowest BCUT2D eigenvalue weighted by Gasteiger charge is -2.13. The van der Waals surface area contributed by atoms with Gasteiger partial charge in [0, 0.05) is 46.5 Å². The van der Waals surface area contributed by atoms with Crippen LogP contribution in [-0.2, 0) is 6.42 Å². The third kappa shape index (κ3) is 6.04. The van der Waals surface area contributed by atoms with Gasteiger partial charge in [0.1, 0.15) is 0 Å².